The van der Waals surface area contributed by atoms with Gasteiger partial charge in [0.15, 0.2) is 0 Å². The van der Waals surface area contributed by atoms with Crippen molar-refractivity contribution in [2.24, 2.45) is 4.36 Å². The van der Waals surface area contributed by atoms with Gasteiger partial charge in [-0.25, -0.2) is 9.19 Å². The highest BCUT2D eigenvalue weighted by atomic mass is 32.2. The number of carbonyl (C=O) groups is 1. The van der Waals surface area contributed by atoms with Gasteiger partial charge < -0.3 is 0 Å². The molecule has 2 rings (SSSR count). The number of hydrogen-bond donors (Lipinski definition) is 0. The quantitative estimate of drug-likeness (QED) is 0.872. The zero-order valence-electron chi connectivity index (χ0n) is 11.4. The lowest BCUT2D eigenvalue weighted by Crippen LogP contribution is -2.07. The maximum atomic E-state index is 12.4. The van der Waals surface area contributed by atoms with Gasteiger partial charge in [-0.1, -0.05) is 30.3 Å². The van der Waals surface area contributed by atoms with Crippen molar-refractivity contribution in [3.05, 3.63) is 59.8 Å². The summed E-state index contributed by atoms with van der Waals surface area (Å²) in [7, 11) is -2.78. The third kappa shape index (κ3) is 3.51. The summed E-state index contributed by atoms with van der Waals surface area (Å²) in [6.07, 6.45) is 3.13. The summed E-state index contributed by atoms with van der Waals surface area (Å²) in [5.41, 5.74) is 1.92. The SMILES string of the molecule is Cc1ccccc1CC(=O)N=S(C)(=O)c1ccccn1. The van der Waals surface area contributed by atoms with Crippen LogP contribution in [-0.2, 0) is 20.9 Å². The van der Waals surface area contributed by atoms with Gasteiger partial charge in [0, 0.05) is 12.5 Å². The Balaban J connectivity index is 2.25. The predicted octanol–water partition coefficient (Wildman–Crippen LogP) is 2.62. The molecule has 20 heavy (non-hydrogen) atoms. The number of amides is 1. The Morgan fingerprint density at radius 1 is 1.20 bits per heavy atom. The smallest absolute Gasteiger partial charge is 0.258 e. The van der Waals surface area contributed by atoms with Gasteiger partial charge in [-0.05, 0) is 30.2 Å². The molecule has 0 radical (unpaired) electrons. The van der Waals surface area contributed by atoms with Crippen molar-refractivity contribution in [1.29, 1.82) is 0 Å². The largest absolute Gasteiger partial charge is 0.272 e. The van der Waals surface area contributed by atoms with Gasteiger partial charge >= 0.3 is 0 Å². The average molecular weight is 288 g/mol. The minimum Gasteiger partial charge on any atom is -0.272 e. The molecule has 1 unspecified atom stereocenters. The number of aryl methyl sites for hydroxylation is 1. The van der Waals surface area contributed by atoms with Gasteiger partial charge in [-0.2, -0.15) is 4.36 Å². The van der Waals surface area contributed by atoms with Crippen molar-refractivity contribution >= 4 is 15.6 Å². The average Bonchev–Trinajstić information content (AvgIpc) is 2.42. The Hall–Kier alpha value is -2.01. The van der Waals surface area contributed by atoms with Crippen LogP contribution >= 0.6 is 0 Å². The molecule has 0 aliphatic rings. The van der Waals surface area contributed by atoms with Gasteiger partial charge in [-0.15, -0.1) is 0 Å². The summed E-state index contributed by atoms with van der Waals surface area (Å²) in [6.45, 7) is 1.94. The summed E-state index contributed by atoms with van der Waals surface area (Å²) >= 11 is 0. The van der Waals surface area contributed by atoms with E-state index in [1.165, 1.54) is 6.26 Å². The first-order valence-electron chi connectivity index (χ1n) is 6.19. The standard InChI is InChI=1S/C15H16N2O2S/c1-12-7-3-4-8-13(12)11-14(18)17-20(2,19)15-9-5-6-10-16-15/h3-10H,11H2,1-2H3. The van der Waals surface area contributed by atoms with E-state index in [4.69, 9.17) is 0 Å². The Bertz CT molecular complexity index is 733. The van der Waals surface area contributed by atoms with Crippen LogP contribution in [0, 0.1) is 6.92 Å². The molecule has 0 fully saturated rings. The monoisotopic (exact) mass is 288 g/mol. The Kier molecular flexibility index (Phi) is 4.29. The van der Waals surface area contributed by atoms with Crippen LogP contribution in [0.3, 0.4) is 0 Å². The zero-order valence-corrected chi connectivity index (χ0v) is 12.3. The molecule has 0 N–H and O–H groups in total. The van der Waals surface area contributed by atoms with E-state index in [1.54, 1.807) is 24.4 Å². The molecule has 1 aromatic carbocycles. The fourth-order valence-electron chi connectivity index (χ4n) is 1.82. The minimum atomic E-state index is -2.78. The molecular formula is C15H16N2O2S. The van der Waals surface area contributed by atoms with Crippen molar-refractivity contribution in [1.82, 2.24) is 4.98 Å². The van der Waals surface area contributed by atoms with Crippen LogP contribution in [0.15, 0.2) is 58.1 Å². The number of nitrogens with zero attached hydrogens (tertiary/aromatic N) is 2. The second-order valence-corrected chi connectivity index (χ2v) is 6.76. The fraction of sp³-hybridized carbons (Fsp3) is 0.200. The molecule has 1 amide bonds. The van der Waals surface area contributed by atoms with Gasteiger partial charge in [0.2, 0.25) is 0 Å². The first-order chi connectivity index (χ1) is 9.49. The normalized spacial score (nSPS) is 13.5. The second kappa shape index (κ2) is 5.96. The lowest BCUT2D eigenvalue weighted by Gasteiger charge is -2.04. The molecule has 1 atom stereocenters. The van der Waals surface area contributed by atoms with Crippen molar-refractivity contribution < 1.29 is 9.00 Å². The Morgan fingerprint density at radius 3 is 2.55 bits per heavy atom. The van der Waals surface area contributed by atoms with Crippen LogP contribution in [0.2, 0.25) is 0 Å². The van der Waals surface area contributed by atoms with E-state index in [-0.39, 0.29) is 6.42 Å². The van der Waals surface area contributed by atoms with Crippen LogP contribution in [-0.4, -0.2) is 21.4 Å². The van der Waals surface area contributed by atoms with Crippen LogP contribution in [0.1, 0.15) is 11.1 Å². The van der Waals surface area contributed by atoms with Crippen LogP contribution in [0.4, 0.5) is 0 Å². The minimum absolute atomic E-state index is 0.157. The van der Waals surface area contributed by atoms with Crippen molar-refractivity contribution in [2.75, 3.05) is 6.26 Å². The number of rotatable bonds is 3. The van der Waals surface area contributed by atoms with Crippen LogP contribution in [0.5, 0.6) is 0 Å². The summed E-state index contributed by atoms with van der Waals surface area (Å²) in [4.78, 5) is 16.0. The number of aromatic nitrogens is 1. The highest BCUT2D eigenvalue weighted by molar-refractivity contribution is 7.93. The van der Waals surface area contributed by atoms with Crippen molar-refractivity contribution in [2.45, 2.75) is 18.4 Å². The highest BCUT2D eigenvalue weighted by Crippen LogP contribution is 2.11. The molecule has 104 valence electrons. The van der Waals surface area contributed by atoms with Gasteiger partial charge in [0.05, 0.1) is 16.1 Å². The predicted molar refractivity (Wildman–Crippen MR) is 78.9 cm³/mol. The molecule has 0 spiro atoms. The van der Waals surface area contributed by atoms with E-state index in [2.05, 4.69) is 9.35 Å². The topological polar surface area (TPSA) is 59.4 Å². The number of pyridine rings is 1. The molecule has 5 heteroatoms. The summed E-state index contributed by atoms with van der Waals surface area (Å²) in [5, 5.41) is 0.332. The Labute approximate surface area is 119 Å². The lowest BCUT2D eigenvalue weighted by atomic mass is 10.1. The first kappa shape index (κ1) is 14.4. The van der Waals surface area contributed by atoms with E-state index in [0.29, 0.717) is 5.03 Å². The molecule has 0 aliphatic heterocycles. The van der Waals surface area contributed by atoms with Gasteiger partial charge in [-0.3, -0.25) is 4.79 Å². The van der Waals surface area contributed by atoms with Crippen molar-refractivity contribution in [3.63, 3.8) is 0 Å². The number of benzene rings is 1. The van der Waals surface area contributed by atoms with E-state index in [1.807, 2.05) is 31.2 Å². The third-order valence-corrected chi connectivity index (χ3v) is 4.47. The molecule has 2 aromatic rings. The maximum absolute atomic E-state index is 12.4. The molecule has 0 aliphatic carbocycles. The third-order valence-electron chi connectivity index (χ3n) is 2.90. The molecular weight excluding hydrogens is 272 g/mol. The molecule has 1 aromatic heterocycles. The molecule has 0 saturated carbocycles. The van der Waals surface area contributed by atoms with E-state index < -0.39 is 15.6 Å². The molecule has 4 nitrogen and oxygen atoms in total. The lowest BCUT2D eigenvalue weighted by molar-refractivity contribution is -0.117. The summed E-state index contributed by atoms with van der Waals surface area (Å²) in [5.74, 6) is -0.391. The van der Waals surface area contributed by atoms with Crippen LogP contribution < -0.4 is 0 Å². The fourth-order valence-corrected chi connectivity index (χ4v) is 2.95. The molecule has 1 heterocycles. The summed E-state index contributed by atoms with van der Waals surface area (Å²) in [6, 6.07) is 12.7. The highest BCUT2D eigenvalue weighted by Gasteiger charge is 2.11. The number of hydrogen-bond acceptors (Lipinski definition) is 3. The maximum Gasteiger partial charge on any atom is 0.258 e. The van der Waals surface area contributed by atoms with Crippen LogP contribution in [0.25, 0.3) is 0 Å². The molecule has 0 bridgehead atoms. The zero-order chi connectivity index (χ0) is 14.6. The van der Waals surface area contributed by atoms with Gasteiger partial charge in [0.1, 0.15) is 5.03 Å². The van der Waals surface area contributed by atoms with E-state index >= 15 is 0 Å². The Morgan fingerprint density at radius 2 is 1.90 bits per heavy atom. The summed E-state index contributed by atoms with van der Waals surface area (Å²) < 4.78 is 16.3. The van der Waals surface area contributed by atoms with Crippen molar-refractivity contribution in [3.8, 4) is 0 Å². The van der Waals surface area contributed by atoms with Gasteiger partial charge in [0.25, 0.3) is 5.91 Å². The number of carbonyl (C=O) groups excluding carboxylic acids is 1. The first-order valence-corrected chi connectivity index (χ1v) is 8.12. The van der Waals surface area contributed by atoms with E-state index in [0.717, 1.165) is 11.1 Å². The van der Waals surface area contributed by atoms with E-state index in [9.17, 15) is 9.00 Å². The molecule has 0 saturated heterocycles. The second-order valence-electron chi connectivity index (χ2n) is 4.56.